The van der Waals surface area contributed by atoms with E-state index in [-0.39, 0.29) is 32.6 Å². The largest absolute Gasteiger partial charge is 0.505 e. The number of hydrogen-bond acceptors (Lipinski definition) is 16. The standard InChI is InChI=1S/C30H29N7O12S4/c1-17(31)3-4-18(2)37-51(42,43)22-11-7-20(8-12-22)34-36-29-26(53(47,48)49)15-23-25(52(44,45)46)16-24(28(32)27(23)30(29)39)35-33-19-5-9-21(10-6-19)50(40,41)14-13-38/h3-12,15-16,37-39H,1-2,13-14,31-32H2,(H,44,45,46)(H,47,48,49)/b4-3-,35-33?,36-34?. The van der Waals surface area contributed by atoms with Crippen LogP contribution in [0.1, 0.15) is 0 Å². The number of fused-ring (bicyclic) bond motifs is 1. The molecule has 9 N–H and O–H groups in total. The van der Waals surface area contributed by atoms with Crippen molar-refractivity contribution in [2.45, 2.75) is 19.6 Å². The van der Waals surface area contributed by atoms with Crippen LogP contribution in [0.25, 0.3) is 10.8 Å². The maximum absolute atomic E-state index is 12.7. The number of aliphatic hydroxyl groups excluding tert-OH is 1. The number of benzene rings is 4. The summed E-state index contributed by atoms with van der Waals surface area (Å²) in [6.07, 6.45) is 2.60. The summed E-state index contributed by atoms with van der Waals surface area (Å²) in [6.45, 7) is 6.39. The van der Waals surface area contributed by atoms with E-state index in [2.05, 4.69) is 38.3 Å². The second-order valence-electron chi connectivity index (χ2n) is 10.7. The van der Waals surface area contributed by atoms with Crippen molar-refractivity contribution in [3.8, 4) is 5.75 Å². The third-order valence-electron chi connectivity index (χ3n) is 6.88. The van der Waals surface area contributed by atoms with Crippen LogP contribution in [0.15, 0.2) is 137 Å². The van der Waals surface area contributed by atoms with Gasteiger partial charge in [0.1, 0.15) is 21.2 Å². The predicted octanol–water partition coefficient (Wildman–Crippen LogP) is 4.04. The molecule has 0 spiro atoms. The van der Waals surface area contributed by atoms with Crippen LogP contribution in [-0.4, -0.2) is 65.3 Å². The van der Waals surface area contributed by atoms with E-state index in [0.29, 0.717) is 12.1 Å². The van der Waals surface area contributed by atoms with Gasteiger partial charge in [0.05, 0.1) is 44.6 Å². The van der Waals surface area contributed by atoms with Gasteiger partial charge in [-0.15, -0.1) is 10.2 Å². The average molecular weight is 808 g/mol. The van der Waals surface area contributed by atoms with Crippen molar-refractivity contribution in [2.24, 2.45) is 26.2 Å². The number of nitrogen functional groups attached to an aromatic ring is 1. The molecule has 0 aliphatic carbocycles. The lowest BCUT2D eigenvalue weighted by molar-refractivity contribution is 0.319. The number of aromatic hydroxyl groups is 1. The molecular formula is C30H29N7O12S4. The molecule has 0 aromatic heterocycles. The summed E-state index contributed by atoms with van der Waals surface area (Å²) < 4.78 is 122. The van der Waals surface area contributed by atoms with Crippen molar-refractivity contribution in [1.29, 1.82) is 0 Å². The predicted molar refractivity (Wildman–Crippen MR) is 192 cm³/mol. The summed E-state index contributed by atoms with van der Waals surface area (Å²) in [5.74, 6) is -1.66. The van der Waals surface area contributed by atoms with Crippen LogP contribution in [0.2, 0.25) is 0 Å². The molecule has 0 radical (unpaired) electrons. The van der Waals surface area contributed by atoms with Crippen LogP contribution in [0.3, 0.4) is 0 Å². The summed E-state index contributed by atoms with van der Waals surface area (Å²) in [5.41, 5.74) is 9.76. The van der Waals surface area contributed by atoms with Gasteiger partial charge in [-0.05, 0) is 72.8 Å². The van der Waals surface area contributed by atoms with Gasteiger partial charge in [-0.3, -0.25) is 13.8 Å². The SMILES string of the molecule is C=C(N)/C=C\C(=C)NS(=O)(=O)c1ccc(N=Nc2c(S(=O)(=O)O)cc3c(S(=O)(=O)O)cc(N=Nc4ccc(S(=O)(=O)CCO)cc4)c(N)c3c2O)cc1. The molecule has 0 aliphatic heterocycles. The highest BCUT2D eigenvalue weighted by Gasteiger charge is 2.28. The number of sulfonamides is 1. The van der Waals surface area contributed by atoms with Crippen molar-refractivity contribution in [3.05, 3.63) is 97.4 Å². The normalized spacial score (nSPS) is 13.0. The second-order valence-corrected chi connectivity index (χ2v) is 17.3. The molecule has 19 nitrogen and oxygen atoms in total. The Morgan fingerprint density at radius 2 is 1.28 bits per heavy atom. The quantitative estimate of drug-likeness (QED) is 0.0409. The van der Waals surface area contributed by atoms with Crippen LogP contribution in [0, 0.1) is 0 Å². The topological polar surface area (TPSA) is 331 Å². The first kappa shape index (κ1) is 40.2. The highest BCUT2D eigenvalue weighted by atomic mass is 32.2. The molecule has 0 bridgehead atoms. The van der Waals surface area contributed by atoms with E-state index >= 15 is 0 Å². The van der Waals surface area contributed by atoms with E-state index in [4.69, 9.17) is 16.6 Å². The molecule has 0 saturated carbocycles. The van der Waals surface area contributed by atoms with Crippen LogP contribution in [0.4, 0.5) is 28.4 Å². The van der Waals surface area contributed by atoms with Crippen molar-refractivity contribution in [3.63, 3.8) is 0 Å². The number of aliphatic hydroxyl groups is 1. The van der Waals surface area contributed by atoms with Crippen molar-refractivity contribution in [2.75, 3.05) is 18.1 Å². The molecule has 53 heavy (non-hydrogen) atoms. The van der Waals surface area contributed by atoms with Crippen molar-refractivity contribution >= 4 is 79.3 Å². The molecule has 4 aromatic carbocycles. The van der Waals surface area contributed by atoms with E-state index in [1.807, 2.05) is 0 Å². The Morgan fingerprint density at radius 3 is 1.79 bits per heavy atom. The van der Waals surface area contributed by atoms with Crippen LogP contribution in [0.5, 0.6) is 5.75 Å². The number of sulfone groups is 1. The number of nitrogens with zero attached hydrogens (tertiary/aromatic N) is 4. The number of anilines is 1. The zero-order valence-corrected chi connectivity index (χ0v) is 30.2. The number of azo groups is 2. The first-order valence-corrected chi connectivity index (χ1v) is 20.4. The fourth-order valence-corrected chi connectivity index (χ4v) is 7.84. The number of phenols is 1. The Bertz CT molecular complexity index is 2680. The van der Waals surface area contributed by atoms with E-state index < -0.39 is 95.8 Å². The summed E-state index contributed by atoms with van der Waals surface area (Å²) in [4.78, 5) is -2.55. The number of phenolic OH excluding ortho intramolecular Hbond substituents is 1. The van der Waals surface area contributed by atoms with Crippen molar-refractivity contribution < 1.29 is 53.0 Å². The molecule has 0 heterocycles. The van der Waals surface area contributed by atoms with Gasteiger partial charge in [0.25, 0.3) is 30.3 Å². The molecule has 4 rings (SSSR count). The molecule has 4 aromatic rings. The number of nitrogens with one attached hydrogen (secondary N) is 1. The molecular weight excluding hydrogens is 779 g/mol. The van der Waals surface area contributed by atoms with Crippen LogP contribution >= 0.6 is 0 Å². The maximum Gasteiger partial charge on any atom is 0.296 e. The van der Waals surface area contributed by atoms with Gasteiger partial charge in [-0.2, -0.15) is 27.1 Å². The molecule has 0 fully saturated rings. The number of hydrogen-bond donors (Lipinski definition) is 7. The number of rotatable bonds is 14. The Labute approximate surface area is 302 Å². The van der Waals surface area contributed by atoms with E-state index in [0.717, 1.165) is 24.3 Å². The van der Waals surface area contributed by atoms with Gasteiger partial charge < -0.3 is 21.7 Å². The lowest BCUT2D eigenvalue weighted by Gasteiger charge is -2.14. The van der Waals surface area contributed by atoms with Gasteiger partial charge in [0.2, 0.25) is 0 Å². The summed E-state index contributed by atoms with van der Waals surface area (Å²) in [6, 6.07) is 10.6. The molecule has 280 valence electrons. The zero-order valence-electron chi connectivity index (χ0n) is 26.9. The number of allylic oxidation sites excluding steroid dienone is 2. The Kier molecular flexibility index (Phi) is 11.5. The van der Waals surface area contributed by atoms with Gasteiger partial charge in [-0.1, -0.05) is 13.2 Å². The minimum Gasteiger partial charge on any atom is -0.505 e. The molecule has 23 heteroatoms. The highest BCUT2D eigenvalue weighted by Crippen LogP contribution is 2.48. The minimum atomic E-state index is -5.29. The number of nitrogens with two attached hydrogens (primary N) is 2. The van der Waals surface area contributed by atoms with Crippen LogP contribution in [-0.2, 0) is 40.1 Å². The van der Waals surface area contributed by atoms with Gasteiger partial charge in [0.15, 0.2) is 15.6 Å². The lowest BCUT2D eigenvalue weighted by atomic mass is 10.0. The second kappa shape index (κ2) is 15.2. The molecule has 0 saturated heterocycles. The smallest absolute Gasteiger partial charge is 0.296 e. The monoisotopic (exact) mass is 807 g/mol. The average Bonchev–Trinajstić information content (AvgIpc) is 3.05. The Balaban J connectivity index is 1.82. The Morgan fingerprint density at radius 1 is 0.755 bits per heavy atom. The molecule has 0 unspecified atom stereocenters. The van der Waals surface area contributed by atoms with Gasteiger partial charge in [-0.25, -0.2) is 16.8 Å². The van der Waals surface area contributed by atoms with E-state index in [1.165, 1.54) is 36.4 Å². The first-order valence-electron chi connectivity index (χ1n) is 14.3. The molecule has 0 aliphatic rings. The fraction of sp³-hybridized carbons (Fsp3) is 0.0667. The van der Waals surface area contributed by atoms with E-state index in [9.17, 15) is 47.9 Å². The summed E-state index contributed by atoms with van der Waals surface area (Å²) >= 11 is 0. The van der Waals surface area contributed by atoms with Gasteiger partial charge in [0, 0.05) is 16.8 Å². The lowest BCUT2D eigenvalue weighted by Crippen LogP contribution is -2.21. The van der Waals surface area contributed by atoms with E-state index in [1.54, 1.807) is 0 Å². The molecule has 0 atom stereocenters. The Hall–Kier alpha value is -5.56. The summed E-state index contributed by atoms with van der Waals surface area (Å²) in [5, 5.41) is 34.2. The van der Waals surface area contributed by atoms with Crippen LogP contribution < -0.4 is 16.2 Å². The minimum absolute atomic E-state index is 0.0347. The van der Waals surface area contributed by atoms with Crippen molar-refractivity contribution in [1.82, 2.24) is 4.72 Å². The maximum atomic E-state index is 12.7. The third-order valence-corrected chi connectivity index (χ3v) is 11.8. The highest BCUT2D eigenvalue weighted by molar-refractivity contribution is 7.91. The summed E-state index contributed by atoms with van der Waals surface area (Å²) in [7, 11) is -18.4. The third kappa shape index (κ3) is 9.46. The first-order chi connectivity index (χ1) is 24.5. The fourth-order valence-electron chi connectivity index (χ4n) is 4.44. The molecule has 0 amide bonds. The zero-order chi connectivity index (χ0) is 39.5. The van der Waals surface area contributed by atoms with Gasteiger partial charge >= 0.3 is 0 Å².